The Hall–Kier alpha value is -4.26. The molecule has 0 saturated heterocycles. The standard InChI is InChI=1S/C31H41FN2O10/c1-18(2)30(37)44-27(23(13-15-39-6)16-22-8-10-24(32)11-9-22)20(4)43-31(38)19(3)34-29(36)26-28(42-17-41-21(5)35)25(40-7)12-14-33-26/h8-12,14,18-20,23,27H,13,15-17H2,1-7H3,(H,34,36)/t19-,20-,23+,27-/m0/s1. The molecule has 0 bridgehead atoms. The molecule has 242 valence electrons. The summed E-state index contributed by atoms with van der Waals surface area (Å²) >= 11 is 0. The monoisotopic (exact) mass is 620 g/mol. The SMILES string of the molecule is COCC[C@H](Cc1ccc(F)cc1)[C@@H](OC(=O)C(C)C)[C@H](C)OC(=O)[C@H](C)NC(=O)c1nccc(OC)c1OCOC(C)=O. The Morgan fingerprint density at radius 2 is 1.64 bits per heavy atom. The molecule has 0 aliphatic heterocycles. The van der Waals surface area contributed by atoms with Gasteiger partial charge in [0.15, 0.2) is 17.2 Å². The normalized spacial score (nSPS) is 13.7. The van der Waals surface area contributed by atoms with Crippen molar-refractivity contribution in [3.05, 3.63) is 53.6 Å². The molecular formula is C31H41FN2O10. The first-order valence-electron chi connectivity index (χ1n) is 14.1. The number of benzene rings is 1. The maximum atomic E-state index is 13.5. The summed E-state index contributed by atoms with van der Waals surface area (Å²) in [7, 11) is 2.90. The smallest absolute Gasteiger partial charge is 0.328 e. The van der Waals surface area contributed by atoms with Gasteiger partial charge in [0.25, 0.3) is 5.91 Å². The Morgan fingerprint density at radius 3 is 2.23 bits per heavy atom. The quantitative estimate of drug-likeness (QED) is 0.157. The van der Waals surface area contributed by atoms with Crippen LogP contribution in [0.3, 0.4) is 0 Å². The van der Waals surface area contributed by atoms with Crippen molar-refractivity contribution in [2.45, 2.75) is 65.7 Å². The lowest BCUT2D eigenvalue weighted by Gasteiger charge is -2.32. The van der Waals surface area contributed by atoms with Gasteiger partial charge in [0.2, 0.25) is 6.79 Å². The Labute approximate surface area is 256 Å². The number of esters is 3. The topological polar surface area (TPSA) is 149 Å². The lowest BCUT2D eigenvalue weighted by Crippen LogP contribution is -2.45. The lowest BCUT2D eigenvalue weighted by atomic mass is 9.88. The van der Waals surface area contributed by atoms with Gasteiger partial charge < -0.3 is 33.7 Å². The van der Waals surface area contributed by atoms with Crippen molar-refractivity contribution in [3.63, 3.8) is 0 Å². The molecule has 13 heteroatoms. The molecule has 1 aromatic heterocycles. The van der Waals surface area contributed by atoms with Gasteiger partial charge in [-0.05, 0) is 44.4 Å². The Morgan fingerprint density at radius 1 is 0.955 bits per heavy atom. The zero-order valence-corrected chi connectivity index (χ0v) is 26.1. The summed E-state index contributed by atoms with van der Waals surface area (Å²) in [5.74, 6) is -3.77. The van der Waals surface area contributed by atoms with Gasteiger partial charge in [-0.15, -0.1) is 0 Å². The highest BCUT2D eigenvalue weighted by Crippen LogP contribution is 2.30. The van der Waals surface area contributed by atoms with Gasteiger partial charge in [0, 0.05) is 38.8 Å². The van der Waals surface area contributed by atoms with Crippen LogP contribution in [-0.2, 0) is 39.8 Å². The van der Waals surface area contributed by atoms with E-state index in [1.54, 1.807) is 40.0 Å². The van der Waals surface area contributed by atoms with E-state index in [9.17, 15) is 23.6 Å². The van der Waals surface area contributed by atoms with E-state index in [-0.39, 0.29) is 28.9 Å². The third-order valence-electron chi connectivity index (χ3n) is 6.53. The van der Waals surface area contributed by atoms with E-state index < -0.39 is 54.8 Å². The number of hydrogen-bond donors (Lipinski definition) is 1. The molecule has 1 N–H and O–H groups in total. The molecule has 44 heavy (non-hydrogen) atoms. The van der Waals surface area contributed by atoms with Crippen molar-refractivity contribution in [1.29, 1.82) is 0 Å². The van der Waals surface area contributed by atoms with Crippen molar-refractivity contribution < 1.29 is 52.0 Å². The molecule has 4 atom stereocenters. The van der Waals surface area contributed by atoms with E-state index in [0.29, 0.717) is 19.4 Å². The van der Waals surface area contributed by atoms with Crippen molar-refractivity contribution in [3.8, 4) is 11.5 Å². The van der Waals surface area contributed by atoms with Crippen molar-refractivity contribution in [2.24, 2.45) is 11.8 Å². The molecule has 1 amide bonds. The first-order valence-corrected chi connectivity index (χ1v) is 14.1. The van der Waals surface area contributed by atoms with E-state index in [1.807, 2.05) is 0 Å². The van der Waals surface area contributed by atoms with Gasteiger partial charge >= 0.3 is 17.9 Å². The number of pyridine rings is 1. The number of methoxy groups -OCH3 is 2. The lowest BCUT2D eigenvalue weighted by molar-refractivity contribution is -0.174. The first-order chi connectivity index (χ1) is 20.9. The number of nitrogens with zero attached hydrogens (tertiary/aromatic N) is 1. The Balaban J connectivity index is 2.23. The van der Waals surface area contributed by atoms with Gasteiger partial charge in [-0.1, -0.05) is 26.0 Å². The van der Waals surface area contributed by atoms with Gasteiger partial charge in [0.05, 0.1) is 13.0 Å². The van der Waals surface area contributed by atoms with Crippen LogP contribution in [0.2, 0.25) is 0 Å². The largest absolute Gasteiger partial charge is 0.493 e. The number of ether oxygens (including phenoxy) is 6. The van der Waals surface area contributed by atoms with E-state index in [2.05, 4.69) is 10.3 Å². The van der Waals surface area contributed by atoms with Crippen LogP contribution < -0.4 is 14.8 Å². The van der Waals surface area contributed by atoms with E-state index >= 15 is 0 Å². The fourth-order valence-electron chi connectivity index (χ4n) is 4.16. The molecular weight excluding hydrogens is 579 g/mol. The molecule has 2 rings (SSSR count). The molecule has 12 nitrogen and oxygen atoms in total. The highest BCUT2D eigenvalue weighted by atomic mass is 19.1. The second kappa shape index (κ2) is 17.8. The van der Waals surface area contributed by atoms with E-state index in [0.717, 1.165) is 5.56 Å². The van der Waals surface area contributed by atoms with Crippen LogP contribution >= 0.6 is 0 Å². The van der Waals surface area contributed by atoms with Gasteiger partial charge in [-0.3, -0.25) is 14.4 Å². The van der Waals surface area contributed by atoms with Crippen molar-refractivity contribution in [2.75, 3.05) is 27.6 Å². The Kier molecular flexibility index (Phi) is 14.5. The average molecular weight is 621 g/mol. The van der Waals surface area contributed by atoms with Crippen LogP contribution in [0.4, 0.5) is 4.39 Å². The molecule has 1 aromatic carbocycles. The number of amides is 1. The Bertz CT molecular complexity index is 1250. The maximum absolute atomic E-state index is 13.5. The second-order valence-corrected chi connectivity index (χ2v) is 10.4. The summed E-state index contributed by atoms with van der Waals surface area (Å²) in [6.07, 6.45) is 0.357. The fraction of sp³-hybridized carbons (Fsp3) is 0.516. The van der Waals surface area contributed by atoms with Gasteiger partial charge in [0.1, 0.15) is 24.1 Å². The molecule has 2 aromatic rings. The van der Waals surface area contributed by atoms with E-state index in [1.165, 1.54) is 45.4 Å². The third-order valence-corrected chi connectivity index (χ3v) is 6.53. The van der Waals surface area contributed by atoms with Crippen LogP contribution in [0.15, 0.2) is 36.5 Å². The number of carbonyl (C=O) groups excluding carboxylic acids is 4. The minimum Gasteiger partial charge on any atom is -0.493 e. The summed E-state index contributed by atoms with van der Waals surface area (Å²) in [5, 5.41) is 2.52. The molecule has 0 spiro atoms. The maximum Gasteiger partial charge on any atom is 0.328 e. The van der Waals surface area contributed by atoms with Crippen molar-refractivity contribution >= 4 is 23.8 Å². The second-order valence-electron chi connectivity index (χ2n) is 10.4. The minimum absolute atomic E-state index is 0.0925. The van der Waals surface area contributed by atoms with Crippen LogP contribution in [0, 0.1) is 17.7 Å². The highest BCUT2D eigenvalue weighted by Gasteiger charge is 2.35. The van der Waals surface area contributed by atoms with Crippen LogP contribution in [0.1, 0.15) is 57.1 Å². The number of rotatable bonds is 17. The number of carbonyl (C=O) groups is 4. The average Bonchev–Trinajstić information content (AvgIpc) is 2.98. The fourth-order valence-corrected chi connectivity index (χ4v) is 4.16. The third kappa shape index (κ3) is 11.1. The zero-order valence-electron chi connectivity index (χ0n) is 26.1. The molecule has 0 fully saturated rings. The summed E-state index contributed by atoms with van der Waals surface area (Å²) < 4.78 is 45.8. The number of hydrogen-bond acceptors (Lipinski definition) is 11. The van der Waals surface area contributed by atoms with Gasteiger partial charge in [-0.2, -0.15) is 0 Å². The summed E-state index contributed by atoms with van der Waals surface area (Å²) in [6.45, 7) is 7.43. The molecule has 0 saturated carbocycles. The predicted octanol–water partition coefficient (Wildman–Crippen LogP) is 3.64. The number of nitrogens with one attached hydrogen (secondary N) is 1. The predicted molar refractivity (Wildman–Crippen MR) is 155 cm³/mol. The molecule has 1 heterocycles. The van der Waals surface area contributed by atoms with Crippen molar-refractivity contribution in [1.82, 2.24) is 10.3 Å². The first kappa shape index (κ1) is 35.9. The van der Waals surface area contributed by atoms with Crippen LogP contribution in [0.25, 0.3) is 0 Å². The highest BCUT2D eigenvalue weighted by molar-refractivity contribution is 5.98. The summed E-state index contributed by atoms with van der Waals surface area (Å²) in [4.78, 5) is 54.1. The van der Waals surface area contributed by atoms with Gasteiger partial charge in [-0.25, -0.2) is 14.2 Å². The van der Waals surface area contributed by atoms with Crippen LogP contribution in [-0.4, -0.2) is 74.7 Å². The molecule has 0 aliphatic rings. The number of halogens is 1. The van der Waals surface area contributed by atoms with E-state index in [4.69, 9.17) is 28.4 Å². The molecule has 0 unspecified atom stereocenters. The molecule has 0 aliphatic carbocycles. The number of aromatic nitrogens is 1. The minimum atomic E-state index is -1.16. The summed E-state index contributed by atoms with van der Waals surface area (Å²) in [5.41, 5.74) is 0.585. The zero-order chi connectivity index (χ0) is 32.8. The summed E-state index contributed by atoms with van der Waals surface area (Å²) in [6, 6.07) is 6.26. The van der Waals surface area contributed by atoms with Crippen LogP contribution in [0.5, 0.6) is 11.5 Å². The molecule has 0 radical (unpaired) electrons.